The lowest BCUT2D eigenvalue weighted by Gasteiger charge is -2.07. The van der Waals surface area contributed by atoms with Gasteiger partial charge in [0.1, 0.15) is 0 Å². The molecule has 0 saturated carbocycles. The van der Waals surface area contributed by atoms with E-state index in [9.17, 15) is 4.79 Å². The molecule has 0 aliphatic heterocycles. The highest BCUT2D eigenvalue weighted by molar-refractivity contribution is 14.1. The molecule has 0 aliphatic rings. The van der Waals surface area contributed by atoms with Gasteiger partial charge in [-0.05, 0) is 53.3 Å². The highest BCUT2D eigenvalue weighted by Gasteiger charge is 2.03. The molecule has 76 valence electrons. The molecule has 0 saturated heterocycles. The molecule has 0 aromatic heterocycles. The van der Waals surface area contributed by atoms with E-state index in [0.29, 0.717) is 12.3 Å². The van der Waals surface area contributed by atoms with Crippen molar-refractivity contribution >= 4 is 45.8 Å². The predicted molar refractivity (Wildman–Crippen MR) is 67.9 cm³/mol. The van der Waals surface area contributed by atoms with Crippen LogP contribution in [0.25, 0.3) is 0 Å². The number of benzene rings is 1. The Balaban J connectivity index is 2.72. The van der Waals surface area contributed by atoms with Crippen molar-refractivity contribution < 1.29 is 4.79 Å². The maximum absolute atomic E-state index is 11.3. The number of rotatable bonds is 3. The maximum Gasteiger partial charge on any atom is 0.225 e. The first-order chi connectivity index (χ1) is 6.63. The van der Waals surface area contributed by atoms with Crippen molar-refractivity contribution in [3.8, 4) is 0 Å². The average molecular weight is 324 g/mol. The first-order valence-electron chi connectivity index (χ1n) is 4.25. The molecular formula is C10H11ClINO. The van der Waals surface area contributed by atoms with Crippen molar-refractivity contribution in [2.45, 2.75) is 13.3 Å². The standard InChI is InChI=1S/C10H11ClINO/c1-7-6-8(12)2-3-9(7)13-10(14)4-5-11/h2-3,6H,4-5H2,1H3,(H,13,14). The summed E-state index contributed by atoms with van der Waals surface area (Å²) >= 11 is 7.70. The number of aryl methyl sites for hydroxylation is 1. The van der Waals surface area contributed by atoms with Crippen LogP contribution in [-0.2, 0) is 4.79 Å². The summed E-state index contributed by atoms with van der Waals surface area (Å²) in [6.45, 7) is 1.97. The largest absolute Gasteiger partial charge is 0.326 e. The van der Waals surface area contributed by atoms with Gasteiger partial charge in [-0.2, -0.15) is 0 Å². The third-order valence-corrected chi connectivity index (χ3v) is 2.64. The van der Waals surface area contributed by atoms with Gasteiger partial charge < -0.3 is 5.32 Å². The molecule has 1 aromatic rings. The van der Waals surface area contributed by atoms with E-state index >= 15 is 0 Å². The third-order valence-electron chi connectivity index (χ3n) is 1.78. The van der Waals surface area contributed by atoms with Crippen LogP contribution in [0.4, 0.5) is 5.69 Å². The number of alkyl halides is 1. The van der Waals surface area contributed by atoms with Crippen LogP contribution < -0.4 is 5.32 Å². The first-order valence-corrected chi connectivity index (χ1v) is 5.87. The Morgan fingerprint density at radius 1 is 1.57 bits per heavy atom. The summed E-state index contributed by atoms with van der Waals surface area (Å²) < 4.78 is 1.16. The second kappa shape index (κ2) is 5.56. The summed E-state index contributed by atoms with van der Waals surface area (Å²) in [6.07, 6.45) is 0.354. The zero-order valence-electron chi connectivity index (χ0n) is 7.81. The van der Waals surface area contributed by atoms with Crippen molar-refractivity contribution in [2.24, 2.45) is 0 Å². The normalized spacial score (nSPS) is 9.93. The van der Waals surface area contributed by atoms with Gasteiger partial charge in [0.25, 0.3) is 0 Å². The second-order valence-corrected chi connectivity index (χ2v) is 4.57. The summed E-state index contributed by atoms with van der Waals surface area (Å²) in [6, 6.07) is 5.89. The van der Waals surface area contributed by atoms with E-state index < -0.39 is 0 Å². The van der Waals surface area contributed by atoms with Crippen LogP contribution in [0.15, 0.2) is 18.2 Å². The molecule has 4 heteroatoms. The molecule has 1 aromatic carbocycles. The Bertz CT molecular complexity index is 341. The number of hydrogen-bond acceptors (Lipinski definition) is 1. The van der Waals surface area contributed by atoms with Gasteiger partial charge in [0.2, 0.25) is 5.91 Å². The van der Waals surface area contributed by atoms with Crippen LogP contribution >= 0.6 is 34.2 Å². The van der Waals surface area contributed by atoms with Gasteiger partial charge in [0.15, 0.2) is 0 Å². The fraction of sp³-hybridized carbons (Fsp3) is 0.300. The minimum Gasteiger partial charge on any atom is -0.326 e. The lowest BCUT2D eigenvalue weighted by molar-refractivity contribution is -0.115. The smallest absolute Gasteiger partial charge is 0.225 e. The van der Waals surface area contributed by atoms with Gasteiger partial charge >= 0.3 is 0 Å². The fourth-order valence-electron chi connectivity index (χ4n) is 1.07. The number of hydrogen-bond donors (Lipinski definition) is 1. The SMILES string of the molecule is Cc1cc(I)ccc1NC(=O)CCCl. The van der Waals surface area contributed by atoms with E-state index in [2.05, 4.69) is 27.9 Å². The van der Waals surface area contributed by atoms with Crippen LogP contribution in [-0.4, -0.2) is 11.8 Å². The van der Waals surface area contributed by atoms with Crippen molar-refractivity contribution in [2.75, 3.05) is 11.2 Å². The molecule has 14 heavy (non-hydrogen) atoms. The molecule has 1 amide bonds. The molecule has 2 nitrogen and oxygen atoms in total. The summed E-state index contributed by atoms with van der Waals surface area (Å²) in [5, 5.41) is 2.81. The topological polar surface area (TPSA) is 29.1 Å². The summed E-state index contributed by atoms with van der Waals surface area (Å²) in [5.74, 6) is 0.319. The second-order valence-electron chi connectivity index (χ2n) is 2.95. The first kappa shape index (κ1) is 11.8. The van der Waals surface area contributed by atoms with Gasteiger partial charge in [-0.3, -0.25) is 4.79 Å². The Labute approximate surface area is 102 Å². The van der Waals surface area contributed by atoms with Crippen molar-refractivity contribution in [1.29, 1.82) is 0 Å². The zero-order chi connectivity index (χ0) is 10.6. The number of carbonyl (C=O) groups is 1. The minimum atomic E-state index is -0.0377. The lowest BCUT2D eigenvalue weighted by Crippen LogP contribution is -2.12. The van der Waals surface area contributed by atoms with Gasteiger partial charge in [-0.25, -0.2) is 0 Å². The zero-order valence-corrected chi connectivity index (χ0v) is 10.7. The Morgan fingerprint density at radius 3 is 2.86 bits per heavy atom. The molecule has 0 spiro atoms. The molecule has 0 bridgehead atoms. The van der Waals surface area contributed by atoms with E-state index in [0.717, 1.165) is 14.8 Å². The lowest BCUT2D eigenvalue weighted by atomic mass is 10.2. The maximum atomic E-state index is 11.3. The van der Waals surface area contributed by atoms with E-state index in [4.69, 9.17) is 11.6 Å². The van der Waals surface area contributed by atoms with E-state index in [1.165, 1.54) is 0 Å². The summed E-state index contributed by atoms with van der Waals surface area (Å²) in [4.78, 5) is 11.3. The van der Waals surface area contributed by atoms with Crippen LogP contribution in [0.5, 0.6) is 0 Å². The summed E-state index contributed by atoms with van der Waals surface area (Å²) in [5.41, 5.74) is 1.93. The molecule has 0 aliphatic carbocycles. The quantitative estimate of drug-likeness (QED) is 0.672. The molecule has 1 N–H and O–H groups in total. The number of amides is 1. The molecule has 0 unspecified atom stereocenters. The predicted octanol–water partition coefficient (Wildman–Crippen LogP) is 3.17. The monoisotopic (exact) mass is 323 g/mol. The highest BCUT2D eigenvalue weighted by Crippen LogP contribution is 2.17. The van der Waals surface area contributed by atoms with Crippen LogP contribution in [0.3, 0.4) is 0 Å². The van der Waals surface area contributed by atoms with Crippen molar-refractivity contribution in [1.82, 2.24) is 0 Å². The van der Waals surface area contributed by atoms with Crippen LogP contribution in [0.1, 0.15) is 12.0 Å². The van der Waals surface area contributed by atoms with Crippen molar-refractivity contribution in [3.05, 3.63) is 27.3 Å². The Kier molecular flexibility index (Phi) is 4.68. The number of carbonyl (C=O) groups excluding carboxylic acids is 1. The molecule has 0 radical (unpaired) electrons. The van der Waals surface area contributed by atoms with Crippen molar-refractivity contribution in [3.63, 3.8) is 0 Å². The number of anilines is 1. The van der Waals surface area contributed by atoms with Gasteiger partial charge in [-0.1, -0.05) is 0 Å². The Hall–Kier alpha value is -0.290. The molecule has 0 heterocycles. The molecule has 0 atom stereocenters. The molecular weight excluding hydrogens is 312 g/mol. The average Bonchev–Trinajstić information content (AvgIpc) is 2.10. The molecule has 0 fully saturated rings. The van der Waals surface area contributed by atoms with Gasteiger partial charge in [0.05, 0.1) is 0 Å². The highest BCUT2D eigenvalue weighted by atomic mass is 127. The summed E-state index contributed by atoms with van der Waals surface area (Å²) in [7, 11) is 0. The van der Waals surface area contributed by atoms with E-state index in [1.807, 2.05) is 25.1 Å². The number of nitrogens with one attached hydrogen (secondary N) is 1. The molecule has 1 rings (SSSR count). The minimum absolute atomic E-state index is 0.0377. The van der Waals surface area contributed by atoms with E-state index in [-0.39, 0.29) is 5.91 Å². The van der Waals surface area contributed by atoms with Gasteiger partial charge in [0, 0.05) is 21.6 Å². The number of halogens is 2. The Morgan fingerprint density at radius 2 is 2.29 bits per heavy atom. The van der Waals surface area contributed by atoms with Gasteiger partial charge in [-0.15, -0.1) is 11.6 Å². The fourth-order valence-corrected chi connectivity index (χ4v) is 1.88. The van der Waals surface area contributed by atoms with E-state index in [1.54, 1.807) is 0 Å². The van der Waals surface area contributed by atoms with Crippen LogP contribution in [0.2, 0.25) is 0 Å². The van der Waals surface area contributed by atoms with Crippen LogP contribution in [0, 0.1) is 10.5 Å². The third kappa shape index (κ3) is 3.46.